The molecule has 0 spiro atoms. The second-order valence-corrected chi connectivity index (χ2v) is 3.52. The molecule has 0 aliphatic heterocycles. The quantitative estimate of drug-likeness (QED) is 0.368. The van der Waals surface area contributed by atoms with E-state index in [2.05, 4.69) is 4.74 Å². The molecule has 0 saturated carbocycles. The van der Waals surface area contributed by atoms with Gasteiger partial charge in [-0.25, -0.2) is 4.79 Å². The zero-order valence-corrected chi connectivity index (χ0v) is 9.60. The molecule has 94 valence electrons. The minimum absolute atomic E-state index is 0.0269. The molecule has 0 aliphatic rings. The highest BCUT2D eigenvalue weighted by Gasteiger charge is 2.28. The van der Waals surface area contributed by atoms with Gasteiger partial charge < -0.3 is 25.2 Å². The summed E-state index contributed by atoms with van der Waals surface area (Å²) < 4.78 is 4.53. The van der Waals surface area contributed by atoms with Gasteiger partial charge in [0.15, 0.2) is 17.6 Å². The number of hydrogen-bond donors (Lipinski definition) is 4. The zero-order valence-electron chi connectivity index (χ0n) is 8.85. The first kappa shape index (κ1) is 13.4. The van der Waals surface area contributed by atoms with Gasteiger partial charge in [0.1, 0.15) is 5.75 Å². The van der Waals surface area contributed by atoms with Gasteiger partial charge in [0.25, 0.3) is 0 Å². The molecular formula is C10H11ClO6. The van der Waals surface area contributed by atoms with Crippen LogP contribution in [0.3, 0.4) is 0 Å². The average molecular weight is 263 g/mol. The van der Waals surface area contributed by atoms with E-state index in [1.807, 2.05) is 0 Å². The summed E-state index contributed by atoms with van der Waals surface area (Å²) in [5.74, 6) is -3.10. The molecule has 17 heavy (non-hydrogen) atoms. The highest BCUT2D eigenvalue weighted by Crippen LogP contribution is 2.43. The van der Waals surface area contributed by atoms with Crippen LogP contribution in [0.5, 0.6) is 17.2 Å². The van der Waals surface area contributed by atoms with Crippen LogP contribution < -0.4 is 0 Å². The summed E-state index contributed by atoms with van der Waals surface area (Å²) in [6, 6.07) is 0.791. The van der Waals surface area contributed by atoms with E-state index in [-0.39, 0.29) is 6.61 Å². The van der Waals surface area contributed by atoms with Crippen molar-refractivity contribution in [1.82, 2.24) is 0 Å². The number of carbonyl (C=O) groups excluding carboxylic acids is 1. The summed E-state index contributed by atoms with van der Waals surface area (Å²) in [6.45, 7) is 1.56. The predicted octanol–water partition coefficient (Wildman–Crippen LogP) is 1.05. The van der Waals surface area contributed by atoms with Crippen LogP contribution in [0, 0.1) is 0 Å². The number of carbonyl (C=O) groups is 1. The highest BCUT2D eigenvalue weighted by atomic mass is 35.5. The Morgan fingerprint density at radius 2 is 2.00 bits per heavy atom. The Balaban J connectivity index is 3.25. The number of halogens is 1. The molecule has 1 aromatic rings. The molecule has 0 radical (unpaired) electrons. The van der Waals surface area contributed by atoms with Crippen molar-refractivity contribution >= 4 is 17.6 Å². The van der Waals surface area contributed by atoms with Crippen LogP contribution in [0.25, 0.3) is 0 Å². The van der Waals surface area contributed by atoms with E-state index >= 15 is 0 Å². The van der Waals surface area contributed by atoms with E-state index in [9.17, 15) is 25.2 Å². The lowest BCUT2D eigenvalue weighted by Gasteiger charge is -2.14. The molecule has 1 aromatic carbocycles. The molecule has 0 fully saturated rings. The second-order valence-electron chi connectivity index (χ2n) is 3.15. The fraction of sp³-hybridized carbons (Fsp3) is 0.300. The summed E-state index contributed by atoms with van der Waals surface area (Å²) in [4.78, 5) is 11.3. The van der Waals surface area contributed by atoms with Crippen molar-refractivity contribution in [3.05, 3.63) is 16.7 Å². The largest absolute Gasteiger partial charge is 0.506 e. The van der Waals surface area contributed by atoms with Crippen LogP contribution in [0.15, 0.2) is 6.07 Å². The van der Waals surface area contributed by atoms with Crippen molar-refractivity contribution in [2.75, 3.05) is 6.61 Å². The molecule has 4 N–H and O–H groups in total. The van der Waals surface area contributed by atoms with Gasteiger partial charge in [0.05, 0.1) is 17.2 Å². The summed E-state index contributed by atoms with van der Waals surface area (Å²) in [5.41, 5.74) is -0.498. The summed E-state index contributed by atoms with van der Waals surface area (Å²) in [7, 11) is 0. The van der Waals surface area contributed by atoms with Crippen molar-refractivity contribution in [2.45, 2.75) is 13.0 Å². The topological polar surface area (TPSA) is 107 Å². The smallest absolute Gasteiger partial charge is 0.339 e. The van der Waals surface area contributed by atoms with Crippen LogP contribution in [-0.4, -0.2) is 33.0 Å². The van der Waals surface area contributed by atoms with Gasteiger partial charge in [-0.15, -0.1) is 0 Å². The van der Waals surface area contributed by atoms with Crippen molar-refractivity contribution in [3.8, 4) is 17.2 Å². The van der Waals surface area contributed by atoms with Crippen LogP contribution >= 0.6 is 11.6 Å². The fourth-order valence-corrected chi connectivity index (χ4v) is 1.48. The Bertz CT molecular complexity index is 419. The number of esters is 1. The van der Waals surface area contributed by atoms with Gasteiger partial charge in [-0.2, -0.15) is 0 Å². The van der Waals surface area contributed by atoms with E-state index in [0.717, 1.165) is 6.07 Å². The fourth-order valence-electron chi connectivity index (χ4n) is 1.23. The molecule has 6 nitrogen and oxygen atoms in total. The molecule has 0 heterocycles. The number of rotatable bonds is 3. The number of ether oxygens (including phenoxy) is 1. The maximum absolute atomic E-state index is 11.3. The third-order valence-corrected chi connectivity index (χ3v) is 2.41. The first-order valence-electron chi connectivity index (χ1n) is 4.68. The van der Waals surface area contributed by atoms with Crippen molar-refractivity contribution in [3.63, 3.8) is 0 Å². The van der Waals surface area contributed by atoms with Crippen LogP contribution in [0.1, 0.15) is 18.6 Å². The normalized spacial score (nSPS) is 12.2. The number of aliphatic hydroxyl groups excluding tert-OH is 1. The second kappa shape index (κ2) is 5.11. The van der Waals surface area contributed by atoms with Crippen LogP contribution in [0.2, 0.25) is 5.02 Å². The minimum atomic E-state index is -1.89. The molecule has 1 unspecified atom stereocenters. The number of benzene rings is 1. The van der Waals surface area contributed by atoms with E-state index in [0.29, 0.717) is 0 Å². The number of hydrogen-bond acceptors (Lipinski definition) is 6. The third-order valence-electron chi connectivity index (χ3n) is 2.02. The van der Waals surface area contributed by atoms with Crippen molar-refractivity contribution in [1.29, 1.82) is 0 Å². The lowest BCUT2D eigenvalue weighted by Crippen LogP contribution is -2.16. The van der Waals surface area contributed by atoms with Gasteiger partial charge in [-0.3, -0.25) is 0 Å². The zero-order chi connectivity index (χ0) is 13.2. The first-order chi connectivity index (χ1) is 7.90. The molecule has 0 aliphatic carbocycles. The Morgan fingerprint density at radius 3 is 2.53 bits per heavy atom. The molecule has 7 heteroatoms. The third kappa shape index (κ3) is 2.54. The van der Waals surface area contributed by atoms with Gasteiger partial charge in [-0.05, 0) is 6.92 Å². The molecule has 0 bridgehead atoms. The monoisotopic (exact) mass is 262 g/mol. The average Bonchev–Trinajstić information content (AvgIpc) is 2.27. The Labute approximate surface area is 102 Å². The molecule has 1 rings (SSSR count). The lowest BCUT2D eigenvalue weighted by molar-refractivity contribution is -0.153. The first-order valence-corrected chi connectivity index (χ1v) is 5.05. The Hall–Kier alpha value is -1.66. The highest BCUT2D eigenvalue weighted by molar-refractivity contribution is 6.33. The van der Waals surface area contributed by atoms with E-state index in [4.69, 9.17) is 11.6 Å². The summed E-state index contributed by atoms with van der Waals surface area (Å²) in [6.07, 6.45) is -1.89. The molecule has 1 atom stereocenters. The summed E-state index contributed by atoms with van der Waals surface area (Å²) >= 11 is 5.62. The Morgan fingerprint density at radius 1 is 1.41 bits per heavy atom. The van der Waals surface area contributed by atoms with E-state index in [1.54, 1.807) is 0 Å². The number of phenolic OH excluding ortho intramolecular Hbond substituents is 3. The standard InChI is InChI=1S/C10H11ClO6/c1-2-17-10(16)9(15)6-7(11)4(12)3-5(13)8(6)14/h3,9,12-15H,2H2,1H3. The molecular weight excluding hydrogens is 252 g/mol. The van der Waals surface area contributed by atoms with Crippen molar-refractivity contribution < 1.29 is 30.0 Å². The molecule has 0 amide bonds. The number of aromatic hydroxyl groups is 3. The Kier molecular flexibility index (Phi) is 4.03. The summed E-state index contributed by atoms with van der Waals surface area (Å²) in [5, 5.41) is 37.2. The SMILES string of the molecule is CCOC(=O)C(O)c1c(O)c(O)cc(O)c1Cl. The van der Waals surface area contributed by atoms with Gasteiger partial charge >= 0.3 is 5.97 Å². The van der Waals surface area contributed by atoms with E-state index < -0.39 is 39.9 Å². The van der Waals surface area contributed by atoms with Gasteiger partial charge in [-0.1, -0.05) is 11.6 Å². The molecule has 0 aromatic heterocycles. The maximum Gasteiger partial charge on any atom is 0.339 e. The van der Waals surface area contributed by atoms with E-state index in [1.165, 1.54) is 6.92 Å². The van der Waals surface area contributed by atoms with Gasteiger partial charge in [0.2, 0.25) is 0 Å². The number of phenols is 3. The number of aliphatic hydroxyl groups is 1. The maximum atomic E-state index is 11.3. The van der Waals surface area contributed by atoms with Gasteiger partial charge in [0, 0.05) is 6.07 Å². The van der Waals surface area contributed by atoms with Crippen LogP contribution in [0.4, 0.5) is 0 Å². The van der Waals surface area contributed by atoms with Crippen LogP contribution in [-0.2, 0) is 9.53 Å². The molecule has 0 saturated heterocycles. The predicted molar refractivity (Wildman–Crippen MR) is 58.0 cm³/mol. The minimum Gasteiger partial charge on any atom is -0.506 e. The lowest BCUT2D eigenvalue weighted by atomic mass is 10.1. The van der Waals surface area contributed by atoms with Crippen molar-refractivity contribution in [2.24, 2.45) is 0 Å².